The standard InChI is InChI=1S/C15H24N2S/c1-12-6-8-13(9-7-12)17(4)11-5-10-15(2,3)14(16)18/h6-9H,5,10-11H2,1-4H3,(H2,16,18). The normalized spacial score (nSPS) is 11.3. The summed E-state index contributed by atoms with van der Waals surface area (Å²) in [4.78, 5) is 2.88. The minimum Gasteiger partial charge on any atom is -0.393 e. The molecule has 100 valence electrons. The van der Waals surface area contributed by atoms with Gasteiger partial charge in [0.1, 0.15) is 0 Å². The fourth-order valence-electron chi connectivity index (χ4n) is 1.81. The summed E-state index contributed by atoms with van der Waals surface area (Å²) in [7, 11) is 2.12. The highest BCUT2D eigenvalue weighted by Gasteiger charge is 2.20. The van der Waals surface area contributed by atoms with Crippen LogP contribution in [0, 0.1) is 12.3 Å². The number of benzene rings is 1. The van der Waals surface area contributed by atoms with Gasteiger partial charge in [-0.25, -0.2) is 0 Å². The highest BCUT2D eigenvalue weighted by atomic mass is 32.1. The molecule has 0 fully saturated rings. The van der Waals surface area contributed by atoms with Crippen LogP contribution in [0.2, 0.25) is 0 Å². The summed E-state index contributed by atoms with van der Waals surface area (Å²) in [6.07, 6.45) is 2.12. The largest absolute Gasteiger partial charge is 0.393 e. The van der Waals surface area contributed by atoms with Crippen molar-refractivity contribution < 1.29 is 0 Å². The van der Waals surface area contributed by atoms with E-state index in [9.17, 15) is 0 Å². The van der Waals surface area contributed by atoms with Gasteiger partial charge in [0.15, 0.2) is 0 Å². The van der Waals surface area contributed by atoms with E-state index >= 15 is 0 Å². The Morgan fingerprint density at radius 3 is 2.33 bits per heavy atom. The van der Waals surface area contributed by atoms with Gasteiger partial charge in [-0.05, 0) is 31.9 Å². The molecule has 0 aliphatic rings. The Morgan fingerprint density at radius 2 is 1.83 bits per heavy atom. The van der Waals surface area contributed by atoms with Gasteiger partial charge in [-0.3, -0.25) is 0 Å². The maximum absolute atomic E-state index is 5.73. The van der Waals surface area contributed by atoms with Crippen LogP contribution in [-0.4, -0.2) is 18.6 Å². The molecule has 0 radical (unpaired) electrons. The molecular weight excluding hydrogens is 240 g/mol. The lowest BCUT2D eigenvalue weighted by Crippen LogP contribution is -2.31. The van der Waals surface area contributed by atoms with Gasteiger partial charge in [-0.2, -0.15) is 0 Å². The number of nitrogens with two attached hydrogens (primary N) is 1. The van der Waals surface area contributed by atoms with E-state index < -0.39 is 0 Å². The summed E-state index contributed by atoms with van der Waals surface area (Å²) in [6.45, 7) is 7.35. The van der Waals surface area contributed by atoms with Crippen LogP contribution in [0.1, 0.15) is 32.3 Å². The Bertz CT molecular complexity index is 395. The average molecular weight is 264 g/mol. The Balaban J connectivity index is 2.45. The lowest BCUT2D eigenvalue weighted by atomic mass is 9.88. The summed E-state index contributed by atoms with van der Waals surface area (Å²) in [5.41, 5.74) is 8.25. The third kappa shape index (κ3) is 4.30. The van der Waals surface area contributed by atoms with Crippen LogP contribution in [0.25, 0.3) is 0 Å². The van der Waals surface area contributed by atoms with Gasteiger partial charge in [0.05, 0.1) is 4.99 Å². The van der Waals surface area contributed by atoms with Crippen LogP contribution in [0.5, 0.6) is 0 Å². The Morgan fingerprint density at radius 1 is 1.28 bits per heavy atom. The van der Waals surface area contributed by atoms with Crippen molar-refractivity contribution in [1.82, 2.24) is 0 Å². The summed E-state index contributed by atoms with van der Waals surface area (Å²) in [5.74, 6) is 0. The van der Waals surface area contributed by atoms with Crippen molar-refractivity contribution in [2.24, 2.45) is 11.1 Å². The van der Waals surface area contributed by atoms with Crippen LogP contribution in [-0.2, 0) is 0 Å². The van der Waals surface area contributed by atoms with Crippen LogP contribution in [0.15, 0.2) is 24.3 Å². The lowest BCUT2D eigenvalue weighted by Gasteiger charge is -2.25. The summed E-state index contributed by atoms with van der Waals surface area (Å²) in [6, 6.07) is 8.61. The minimum atomic E-state index is -0.0382. The SMILES string of the molecule is Cc1ccc(N(C)CCCC(C)(C)C(N)=S)cc1. The molecule has 0 aliphatic carbocycles. The second-order valence-electron chi connectivity index (χ2n) is 5.61. The molecule has 18 heavy (non-hydrogen) atoms. The average Bonchev–Trinajstić information content (AvgIpc) is 2.29. The Hall–Kier alpha value is -1.09. The first-order valence-electron chi connectivity index (χ1n) is 6.40. The zero-order chi connectivity index (χ0) is 13.8. The molecule has 1 aromatic rings. The first kappa shape index (κ1) is 15.0. The zero-order valence-electron chi connectivity index (χ0n) is 11.9. The van der Waals surface area contributed by atoms with Crippen LogP contribution in [0.3, 0.4) is 0 Å². The number of hydrogen-bond donors (Lipinski definition) is 1. The highest BCUT2D eigenvalue weighted by Crippen LogP contribution is 2.23. The van der Waals surface area contributed by atoms with Gasteiger partial charge in [0.2, 0.25) is 0 Å². The van der Waals surface area contributed by atoms with Crippen molar-refractivity contribution in [3.63, 3.8) is 0 Å². The van der Waals surface area contributed by atoms with Gasteiger partial charge in [0, 0.05) is 24.7 Å². The molecule has 0 atom stereocenters. The fourth-order valence-corrected chi connectivity index (χ4v) is 1.91. The molecule has 1 aromatic carbocycles. The molecule has 0 bridgehead atoms. The summed E-state index contributed by atoms with van der Waals surface area (Å²) in [5, 5.41) is 0. The van der Waals surface area contributed by atoms with Crippen LogP contribution < -0.4 is 10.6 Å². The molecule has 0 heterocycles. The van der Waals surface area contributed by atoms with Gasteiger partial charge >= 0.3 is 0 Å². The van der Waals surface area contributed by atoms with E-state index in [4.69, 9.17) is 18.0 Å². The molecule has 2 nitrogen and oxygen atoms in total. The molecule has 0 saturated carbocycles. The lowest BCUT2D eigenvalue weighted by molar-refractivity contribution is 0.461. The quantitative estimate of drug-likeness (QED) is 0.797. The molecule has 0 amide bonds. The molecule has 1 rings (SSSR count). The maximum atomic E-state index is 5.73. The van der Waals surface area contributed by atoms with Gasteiger partial charge in [-0.15, -0.1) is 0 Å². The third-order valence-electron chi connectivity index (χ3n) is 3.44. The van der Waals surface area contributed by atoms with E-state index in [2.05, 4.69) is 57.0 Å². The molecule has 0 unspecified atom stereocenters. The molecule has 0 aliphatic heterocycles. The van der Waals surface area contributed by atoms with Crippen molar-refractivity contribution in [2.45, 2.75) is 33.6 Å². The van der Waals surface area contributed by atoms with E-state index in [0.29, 0.717) is 4.99 Å². The van der Waals surface area contributed by atoms with Crippen LogP contribution in [0.4, 0.5) is 5.69 Å². The van der Waals surface area contributed by atoms with Crippen molar-refractivity contribution in [3.05, 3.63) is 29.8 Å². The van der Waals surface area contributed by atoms with Crippen molar-refractivity contribution in [1.29, 1.82) is 0 Å². The first-order valence-corrected chi connectivity index (χ1v) is 6.81. The van der Waals surface area contributed by atoms with E-state index in [1.54, 1.807) is 0 Å². The number of hydrogen-bond acceptors (Lipinski definition) is 2. The Labute approximate surface area is 116 Å². The van der Waals surface area contributed by atoms with Gasteiger partial charge < -0.3 is 10.6 Å². The zero-order valence-corrected chi connectivity index (χ0v) is 12.7. The van der Waals surface area contributed by atoms with E-state index in [1.807, 2.05) is 0 Å². The first-order chi connectivity index (χ1) is 8.33. The number of thiocarbonyl (C=S) groups is 1. The molecule has 2 N–H and O–H groups in total. The Kier molecular flexibility index (Phi) is 5.15. The second-order valence-corrected chi connectivity index (χ2v) is 6.05. The van der Waals surface area contributed by atoms with E-state index in [1.165, 1.54) is 11.3 Å². The number of rotatable bonds is 6. The minimum absolute atomic E-state index is 0.0382. The summed E-state index contributed by atoms with van der Waals surface area (Å²) >= 11 is 5.08. The van der Waals surface area contributed by atoms with E-state index in [0.717, 1.165) is 19.4 Å². The number of nitrogens with zero attached hydrogens (tertiary/aromatic N) is 1. The molecule has 0 spiro atoms. The fraction of sp³-hybridized carbons (Fsp3) is 0.533. The van der Waals surface area contributed by atoms with E-state index in [-0.39, 0.29) is 5.41 Å². The molecule has 0 saturated heterocycles. The monoisotopic (exact) mass is 264 g/mol. The number of anilines is 1. The smallest absolute Gasteiger partial charge is 0.0784 e. The molecule has 3 heteroatoms. The maximum Gasteiger partial charge on any atom is 0.0784 e. The second kappa shape index (κ2) is 6.19. The van der Waals surface area contributed by atoms with Crippen molar-refractivity contribution >= 4 is 22.9 Å². The molecule has 0 aromatic heterocycles. The highest BCUT2D eigenvalue weighted by molar-refractivity contribution is 7.80. The predicted molar refractivity (Wildman–Crippen MR) is 84.2 cm³/mol. The van der Waals surface area contributed by atoms with Crippen molar-refractivity contribution in [2.75, 3.05) is 18.5 Å². The summed E-state index contributed by atoms with van der Waals surface area (Å²) < 4.78 is 0. The van der Waals surface area contributed by atoms with Crippen molar-refractivity contribution in [3.8, 4) is 0 Å². The topological polar surface area (TPSA) is 29.3 Å². The predicted octanol–water partition coefficient (Wildman–Crippen LogP) is 3.52. The third-order valence-corrected chi connectivity index (χ3v) is 3.99. The van der Waals surface area contributed by atoms with Gasteiger partial charge in [0.25, 0.3) is 0 Å². The number of aryl methyl sites for hydroxylation is 1. The van der Waals surface area contributed by atoms with Crippen LogP contribution >= 0.6 is 12.2 Å². The molecular formula is C15H24N2S. The van der Waals surface area contributed by atoms with Gasteiger partial charge in [-0.1, -0.05) is 43.8 Å².